The van der Waals surface area contributed by atoms with E-state index in [2.05, 4.69) is 83.1 Å². The van der Waals surface area contributed by atoms with Crippen LogP contribution in [0.15, 0.2) is 81.5 Å². The lowest BCUT2D eigenvalue weighted by atomic mass is 10.1. The molecule has 1 aromatic carbocycles. The van der Waals surface area contributed by atoms with Gasteiger partial charge in [0.1, 0.15) is 11.6 Å². The van der Waals surface area contributed by atoms with Crippen molar-refractivity contribution >= 4 is 23.1 Å². The number of hydrogen-bond donors (Lipinski definition) is 0. The normalized spacial score (nSPS) is 16.8. The maximum absolute atomic E-state index is 4.76. The molecule has 0 fully saturated rings. The first kappa shape index (κ1) is 16.9. The van der Waals surface area contributed by atoms with Gasteiger partial charge in [-0.3, -0.25) is 0 Å². The molecule has 4 rings (SSSR count). The zero-order chi connectivity index (χ0) is 17.9. The third-order valence-corrected chi connectivity index (χ3v) is 5.48. The second-order valence-electron chi connectivity index (χ2n) is 6.79. The van der Waals surface area contributed by atoms with Crippen LogP contribution in [0.4, 0.5) is 0 Å². The number of aliphatic imine (C=N–C) groups is 1. The van der Waals surface area contributed by atoms with Crippen molar-refractivity contribution in [2.45, 2.75) is 19.9 Å². The molecular weight excluding hydrogens is 338 g/mol. The molecule has 2 aliphatic heterocycles. The van der Waals surface area contributed by atoms with E-state index in [-0.39, 0.29) is 0 Å². The van der Waals surface area contributed by atoms with Crippen LogP contribution in [0.2, 0.25) is 0 Å². The van der Waals surface area contributed by atoms with Crippen molar-refractivity contribution in [3.63, 3.8) is 0 Å². The van der Waals surface area contributed by atoms with Gasteiger partial charge in [0.25, 0.3) is 0 Å². The van der Waals surface area contributed by atoms with E-state index in [0.29, 0.717) is 0 Å². The molecular formula is C22H23N3S. The summed E-state index contributed by atoms with van der Waals surface area (Å²) in [5.74, 6) is 2.26. The Balaban J connectivity index is 1.68. The molecule has 0 unspecified atom stereocenters. The van der Waals surface area contributed by atoms with Gasteiger partial charge < -0.3 is 9.80 Å². The minimum absolute atomic E-state index is 0.879. The highest BCUT2D eigenvalue weighted by molar-refractivity contribution is 7.08. The second-order valence-corrected chi connectivity index (χ2v) is 7.57. The van der Waals surface area contributed by atoms with Crippen LogP contribution in [-0.2, 0) is 6.54 Å². The van der Waals surface area contributed by atoms with E-state index >= 15 is 0 Å². The molecule has 0 saturated carbocycles. The molecule has 0 amide bonds. The van der Waals surface area contributed by atoms with Gasteiger partial charge in [-0.05, 0) is 47.4 Å². The van der Waals surface area contributed by atoms with Crippen molar-refractivity contribution in [1.82, 2.24) is 9.80 Å². The number of hydrogen-bond acceptors (Lipinski definition) is 4. The highest BCUT2D eigenvalue weighted by atomic mass is 32.1. The number of nitrogens with zero attached hydrogens (tertiary/aromatic N) is 3. The van der Waals surface area contributed by atoms with Crippen LogP contribution < -0.4 is 0 Å². The fourth-order valence-corrected chi connectivity index (χ4v) is 4.11. The smallest absolute Gasteiger partial charge is 0.141 e. The highest BCUT2D eigenvalue weighted by Gasteiger charge is 2.25. The van der Waals surface area contributed by atoms with Gasteiger partial charge in [-0.15, -0.1) is 0 Å². The Morgan fingerprint density at radius 1 is 1.19 bits per heavy atom. The van der Waals surface area contributed by atoms with E-state index in [1.54, 1.807) is 11.3 Å². The van der Waals surface area contributed by atoms with Crippen LogP contribution in [0.5, 0.6) is 0 Å². The fraction of sp³-hybridized carbons (Fsp3) is 0.227. The van der Waals surface area contributed by atoms with E-state index < -0.39 is 0 Å². The summed E-state index contributed by atoms with van der Waals surface area (Å²) in [5, 5.41) is 4.34. The Morgan fingerprint density at radius 3 is 2.81 bits per heavy atom. The van der Waals surface area contributed by atoms with Crippen LogP contribution in [0.3, 0.4) is 0 Å². The van der Waals surface area contributed by atoms with Crippen molar-refractivity contribution in [1.29, 1.82) is 0 Å². The lowest BCUT2D eigenvalue weighted by molar-refractivity contribution is 0.269. The first-order valence-electron chi connectivity index (χ1n) is 8.93. The van der Waals surface area contributed by atoms with Gasteiger partial charge in [0, 0.05) is 31.9 Å². The van der Waals surface area contributed by atoms with E-state index in [9.17, 15) is 0 Å². The number of rotatable bonds is 4. The largest absolute Gasteiger partial charge is 0.357 e. The molecule has 2 aromatic rings. The maximum Gasteiger partial charge on any atom is 0.141 e. The molecule has 0 atom stereocenters. The Hall–Kier alpha value is -2.59. The summed E-state index contributed by atoms with van der Waals surface area (Å²) in [6.07, 6.45) is 7.40. The highest BCUT2D eigenvalue weighted by Crippen LogP contribution is 2.34. The Labute approximate surface area is 159 Å². The fourth-order valence-electron chi connectivity index (χ4n) is 3.45. The summed E-state index contributed by atoms with van der Waals surface area (Å²) in [4.78, 5) is 9.44. The second kappa shape index (κ2) is 7.34. The number of allylic oxidation sites excluding steroid dienone is 3. The van der Waals surface area contributed by atoms with Crippen LogP contribution in [0.1, 0.15) is 24.5 Å². The third kappa shape index (κ3) is 3.37. The van der Waals surface area contributed by atoms with Gasteiger partial charge in [0.05, 0.1) is 0 Å². The zero-order valence-corrected chi connectivity index (χ0v) is 16.0. The predicted molar refractivity (Wildman–Crippen MR) is 111 cm³/mol. The average molecular weight is 362 g/mol. The molecule has 0 saturated heterocycles. The van der Waals surface area contributed by atoms with Crippen LogP contribution in [0.25, 0.3) is 5.57 Å². The quantitative estimate of drug-likeness (QED) is 0.752. The molecule has 2 aliphatic rings. The average Bonchev–Trinajstić information content (AvgIpc) is 3.14. The molecule has 4 heteroatoms. The summed E-state index contributed by atoms with van der Waals surface area (Å²) < 4.78 is 0. The Kier molecular flexibility index (Phi) is 4.76. The Morgan fingerprint density at radius 2 is 2.04 bits per heavy atom. The summed E-state index contributed by atoms with van der Waals surface area (Å²) in [5.41, 5.74) is 5.18. The first-order valence-corrected chi connectivity index (χ1v) is 9.87. The van der Waals surface area contributed by atoms with Gasteiger partial charge in [-0.1, -0.05) is 42.0 Å². The molecule has 3 heterocycles. The minimum Gasteiger partial charge on any atom is -0.357 e. The molecule has 0 aliphatic carbocycles. The summed E-state index contributed by atoms with van der Waals surface area (Å²) in [6.45, 7) is 4.05. The lowest BCUT2D eigenvalue weighted by Crippen LogP contribution is -2.34. The zero-order valence-electron chi connectivity index (χ0n) is 15.2. The standard InChI is InChI=1S/C22H23N3S/c1-17-9-12-25-21(24(2)15-18-6-4-3-5-7-18)8-11-23-22(25)20(14-17)19-10-13-26-16-19/h3-8,10-11,13-14,16H,9,12,15H2,1-2H3. The molecule has 26 heavy (non-hydrogen) atoms. The van der Waals surface area contributed by atoms with Crippen LogP contribution in [-0.4, -0.2) is 29.6 Å². The van der Waals surface area contributed by atoms with E-state index in [1.807, 2.05) is 6.21 Å². The maximum atomic E-state index is 4.76. The van der Waals surface area contributed by atoms with E-state index in [4.69, 9.17) is 4.99 Å². The van der Waals surface area contributed by atoms with Crippen molar-refractivity contribution < 1.29 is 0 Å². The summed E-state index contributed by atoms with van der Waals surface area (Å²) in [6, 6.07) is 12.8. The molecule has 0 spiro atoms. The van der Waals surface area contributed by atoms with Crippen LogP contribution in [0, 0.1) is 0 Å². The van der Waals surface area contributed by atoms with Crippen molar-refractivity contribution in [2.75, 3.05) is 13.6 Å². The monoisotopic (exact) mass is 361 g/mol. The predicted octanol–water partition coefficient (Wildman–Crippen LogP) is 5.13. The van der Waals surface area contributed by atoms with Gasteiger partial charge in [0.15, 0.2) is 0 Å². The van der Waals surface area contributed by atoms with E-state index in [1.165, 1.54) is 28.1 Å². The minimum atomic E-state index is 0.879. The van der Waals surface area contributed by atoms with Gasteiger partial charge in [-0.2, -0.15) is 11.3 Å². The Bertz CT molecular complexity index is 889. The van der Waals surface area contributed by atoms with E-state index in [0.717, 1.165) is 25.3 Å². The summed E-state index contributed by atoms with van der Waals surface area (Å²) >= 11 is 1.73. The molecule has 0 N–H and O–H groups in total. The van der Waals surface area contributed by atoms with Gasteiger partial charge >= 0.3 is 0 Å². The number of thiophene rings is 1. The number of fused-ring (bicyclic) bond motifs is 1. The molecule has 132 valence electrons. The van der Waals surface area contributed by atoms with Gasteiger partial charge in [0.2, 0.25) is 0 Å². The molecule has 3 nitrogen and oxygen atoms in total. The SMILES string of the molecule is CC1=CC(c2ccsc2)=C2N=CC=C(N(C)Cc3ccccc3)N2CC1. The van der Waals surface area contributed by atoms with Crippen molar-refractivity contribution in [3.8, 4) is 0 Å². The topological polar surface area (TPSA) is 18.8 Å². The van der Waals surface area contributed by atoms with Gasteiger partial charge in [-0.25, -0.2) is 4.99 Å². The molecule has 0 radical (unpaired) electrons. The van der Waals surface area contributed by atoms with Crippen LogP contribution >= 0.6 is 11.3 Å². The van der Waals surface area contributed by atoms with Crippen molar-refractivity contribution in [2.24, 2.45) is 4.99 Å². The number of benzene rings is 1. The third-order valence-electron chi connectivity index (χ3n) is 4.80. The van der Waals surface area contributed by atoms with Crippen molar-refractivity contribution in [3.05, 3.63) is 87.7 Å². The lowest BCUT2D eigenvalue weighted by Gasteiger charge is -2.35. The summed E-state index contributed by atoms with van der Waals surface area (Å²) in [7, 11) is 2.16. The molecule has 1 aromatic heterocycles. The molecule has 0 bridgehead atoms. The first-order chi connectivity index (χ1) is 12.7.